The number of hydrogen-bond donors (Lipinski definition) is 1. The van der Waals surface area contributed by atoms with E-state index < -0.39 is 11.2 Å². The van der Waals surface area contributed by atoms with Gasteiger partial charge in [0.05, 0.1) is 18.3 Å². The molecular formula is C27H30FN9O3S. The number of anilines is 2. The molecule has 7 rings (SSSR count). The number of ether oxygens (including phenoxy) is 1. The highest BCUT2D eigenvalue weighted by Gasteiger charge is 2.25. The van der Waals surface area contributed by atoms with Crippen molar-refractivity contribution in [2.24, 2.45) is 0 Å². The van der Waals surface area contributed by atoms with E-state index in [2.05, 4.69) is 29.9 Å². The van der Waals surface area contributed by atoms with E-state index >= 15 is 4.39 Å². The topological polar surface area (TPSA) is 139 Å². The summed E-state index contributed by atoms with van der Waals surface area (Å²) in [7, 11) is 0. The van der Waals surface area contributed by atoms with Gasteiger partial charge in [0, 0.05) is 58.2 Å². The summed E-state index contributed by atoms with van der Waals surface area (Å²) in [5.41, 5.74) is 8.60. The lowest BCUT2D eigenvalue weighted by Gasteiger charge is -2.36. The van der Waals surface area contributed by atoms with Crippen LogP contribution in [-0.4, -0.2) is 88.9 Å². The number of rotatable bonds is 7. The van der Waals surface area contributed by atoms with Gasteiger partial charge in [-0.25, -0.2) is 14.4 Å². The highest BCUT2D eigenvalue weighted by Crippen LogP contribution is 2.28. The van der Waals surface area contributed by atoms with E-state index in [-0.39, 0.29) is 17.9 Å². The quantitative estimate of drug-likeness (QED) is 0.286. The first-order valence-electron chi connectivity index (χ1n) is 13.7. The largest absolute Gasteiger partial charge is 0.616 e. The molecule has 214 valence electrons. The monoisotopic (exact) mass is 579 g/mol. The Kier molecular flexibility index (Phi) is 6.88. The van der Waals surface area contributed by atoms with Gasteiger partial charge >= 0.3 is 0 Å². The Morgan fingerprint density at radius 3 is 2.66 bits per heavy atom. The fraction of sp³-hybridized carbons (Fsp3) is 0.407. The normalized spacial score (nSPS) is 20.3. The fourth-order valence-corrected chi connectivity index (χ4v) is 6.72. The third-order valence-electron chi connectivity index (χ3n) is 7.74. The van der Waals surface area contributed by atoms with Crippen molar-refractivity contribution in [2.75, 3.05) is 54.9 Å². The van der Waals surface area contributed by atoms with E-state index in [1.165, 1.54) is 10.6 Å². The van der Waals surface area contributed by atoms with Crippen LogP contribution in [0.3, 0.4) is 0 Å². The molecule has 1 aromatic carbocycles. The van der Waals surface area contributed by atoms with Crippen LogP contribution in [0.5, 0.6) is 5.75 Å². The highest BCUT2D eigenvalue weighted by atomic mass is 32.2. The second-order valence-electron chi connectivity index (χ2n) is 10.3. The first kappa shape index (κ1) is 26.0. The molecule has 6 heterocycles. The summed E-state index contributed by atoms with van der Waals surface area (Å²) in [6.07, 6.45) is 4.81. The van der Waals surface area contributed by atoms with Crippen LogP contribution in [0.2, 0.25) is 0 Å². The molecule has 2 N–H and O–H groups in total. The predicted octanol–water partition coefficient (Wildman–Crippen LogP) is 2.57. The summed E-state index contributed by atoms with van der Waals surface area (Å²) < 4.78 is 41.4. The summed E-state index contributed by atoms with van der Waals surface area (Å²) in [5, 5.41) is 4.42. The minimum absolute atomic E-state index is 0.00218. The van der Waals surface area contributed by atoms with Crippen LogP contribution >= 0.6 is 0 Å². The molecule has 0 aliphatic carbocycles. The number of piperazine rings is 1. The third kappa shape index (κ3) is 5.18. The van der Waals surface area contributed by atoms with E-state index in [9.17, 15) is 4.55 Å². The van der Waals surface area contributed by atoms with Crippen molar-refractivity contribution >= 4 is 39.6 Å². The van der Waals surface area contributed by atoms with Crippen molar-refractivity contribution in [1.29, 1.82) is 0 Å². The average Bonchev–Trinajstić information content (AvgIpc) is 3.74. The highest BCUT2D eigenvalue weighted by molar-refractivity contribution is 7.91. The van der Waals surface area contributed by atoms with E-state index in [0.717, 1.165) is 45.6 Å². The van der Waals surface area contributed by atoms with Crippen molar-refractivity contribution in [1.82, 2.24) is 34.0 Å². The smallest absolute Gasteiger partial charge is 0.225 e. The SMILES string of the molecule is Nc1nc2c(ncn2CCN2CCN(c3ccc(O[C@H]4CC[S@@+]([O-])CC4)cc3F)CC2)c2nc(-c3ccco3)nn12. The van der Waals surface area contributed by atoms with Crippen LogP contribution in [0.4, 0.5) is 16.0 Å². The van der Waals surface area contributed by atoms with Gasteiger partial charge in [0.2, 0.25) is 11.8 Å². The maximum absolute atomic E-state index is 15.0. The van der Waals surface area contributed by atoms with E-state index in [4.69, 9.17) is 14.9 Å². The molecule has 0 amide bonds. The molecule has 4 aromatic heterocycles. The number of nitrogen functional groups attached to an aromatic ring is 1. The van der Waals surface area contributed by atoms with Gasteiger partial charge in [0.1, 0.15) is 29.2 Å². The zero-order chi connectivity index (χ0) is 27.9. The minimum Gasteiger partial charge on any atom is -0.616 e. The molecule has 2 aliphatic heterocycles. The summed E-state index contributed by atoms with van der Waals surface area (Å²) in [6, 6.07) is 8.68. The number of furan rings is 1. The molecule has 0 unspecified atom stereocenters. The molecule has 0 spiro atoms. The number of nitrogens with two attached hydrogens (primary N) is 1. The van der Waals surface area contributed by atoms with E-state index in [1.54, 1.807) is 30.8 Å². The lowest BCUT2D eigenvalue weighted by Crippen LogP contribution is -2.47. The summed E-state index contributed by atoms with van der Waals surface area (Å²) >= 11 is -0.747. The maximum Gasteiger partial charge on any atom is 0.225 e. The molecule has 0 bridgehead atoms. The molecule has 2 aliphatic rings. The number of hydrogen-bond acceptors (Lipinski definition) is 10. The van der Waals surface area contributed by atoms with Crippen LogP contribution in [0.15, 0.2) is 47.3 Å². The number of nitrogens with zero attached hydrogens (tertiary/aromatic N) is 8. The fourth-order valence-electron chi connectivity index (χ4n) is 5.47. The van der Waals surface area contributed by atoms with Gasteiger partial charge in [0.15, 0.2) is 22.6 Å². The van der Waals surface area contributed by atoms with Crippen LogP contribution in [-0.2, 0) is 17.7 Å². The van der Waals surface area contributed by atoms with Gasteiger partial charge in [-0.2, -0.15) is 9.50 Å². The van der Waals surface area contributed by atoms with Crippen LogP contribution in [0.25, 0.3) is 28.4 Å². The van der Waals surface area contributed by atoms with Crippen molar-refractivity contribution < 1.29 is 18.1 Å². The lowest BCUT2D eigenvalue weighted by molar-refractivity contribution is 0.189. The summed E-state index contributed by atoms with van der Waals surface area (Å²) in [6.45, 7) is 4.51. The van der Waals surface area contributed by atoms with E-state index in [0.29, 0.717) is 57.9 Å². The third-order valence-corrected chi connectivity index (χ3v) is 9.12. The number of aromatic nitrogens is 6. The Morgan fingerprint density at radius 1 is 1.07 bits per heavy atom. The molecule has 0 atom stereocenters. The Bertz CT molecular complexity index is 1660. The molecule has 0 saturated carbocycles. The maximum atomic E-state index is 15.0. The lowest BCUT2D eigenvalue weighted by atomic mass is 10.2. The molecular weight excluding hydrogens is 549 g/mol. The number of fused-ring (bicyclic) bond motifs is 3. The molecule has 2 saturated heterocycles. The zero-order valence-electron chi connectivity index (χ0n) is 22.4. The molecule has 2 fully saturated rings. The average molecular weight is 580 g/mol. The van der Waals surface area contributed by atoms with Gasteiger partial charge in [0.25, 0.3) is 0 Å². The van der Waals surface area contributed by atoms with Crippen molar-refractivity contribution in [3.63, 3.8) is 0 Å². The molecule has 12 nitrogen and oxygen atoms in total. The molecule has 14 heteroatoms. The standard InChI is InChI=1S/C27H30FN9O3S/c28-20-16-19(40-18-5-14-41(38)15-6-18)3-4-21(20)35-10-7-34(8-11-35)9-12-36-17-30-23-25(36)32-27(29)37-26(23)31-24(33-37)22-2-1-13-39-22/h1-4,13,16-18H,5-12,14-15H2,(H2,29,32)/t18-,41+. The predicted molar refractivity (Wildman–Crippen MR) is 153 cm³/mol. The first-order valence-corrected chi connectivity index (χ1v) is 15.2. The van der Waals surface area contributed by atoms with E-state index in [1.807, 2.05) is 10.6 Å². The van der Waals surface area contributed by atoms with Crippen molar-refractivity contribution in [2.45, 2.75) is 25.5 Å². The van der Waals surface area contributed by atoms with Gasteiger partial charge in [-0.15, -0.1) is 5.10 Å². The Hall–Kier alpha value is -3.88. The molecule has 0 radical (unpaired) electrons. The van der Waals surface area contributed by atoms with Gasteiger partial charge in [-0.3, -0.25) is 4.90 Å². The number of imidazole rings is 1. The van der Waals surface area contributed by atoms with Crippen LogP contribution < -0.4 is 15.4 Å². The number of halogens is 1. The van der Waals surface area contributed by atoms with Crippen LogP contribution in [0, 0.1) is 5.82 Å². The van der Waals surface area contributed by atoms with Gasteiger partial charge in [-0.05, 0) is 24.3 Å². The van der Waals surface area contributed by atoms with Gasteiger partial charge < -0.3 is 28.9 Å². The summed E-state index contributed by atoms with van der Waals surface area (Å²) in [5.74, 6) is 2.74. The zero-order valence-corrected chi connectivity index (χ0v) is 23.2. The summed E-state index contributed by atoms with van der Waals surface area (Å²) in [4.78, 5) is 18.1. The second kappa shape index (κ2) is 10.8. The minimum atomic E-state index is -0.747. The van der Waals surface area contributed by atoms with Crippen molar-refractivity contribution in [3.8, 4) is 17.3 Å². The van der Waals surface area contributed by atoms with Crippen molar-refractivity contribution in [3.05, 3.63) is 48.7 Å². The first-order chi connectivity index (χ1) is 20.0. The molecule has 5 aromatic rings. The molecule has 41 heavy (non-hydrogen) atoms. The Morgan fingerprint density at radius 2 is 1.90 bits per heavy atom. The second-order valence-corrected chi connectivity index (χ2v) is 12.0. The Labute approximate surface area is 238 Å². The van der Waals surface area contributed by atoms with Crippen LogP contribution in [0.1, 0.15) is 12.8 Å². The Balaban J connectivity index is 0.972. The number of benzene rings is 1. The van der Waals surface area contributed by atoms with Gasteiger partial charge in [-0.1, -0.05) is 11.2 Å².